The van der Waals surface area contributed by atoms with E-state index in [1.165, 1.54) is 23.6 Å². The quantitative estimate of drug-likeness (QED) is 0.601. The topological polar surface area (TPSA) is 39.2 Å². The molecule has 0 fully saturated rings. The van der Waals surface area contributed by atoms with E-state index in [2.05, 4.69) is 42.5 Å². The first kappa shape index (κ1) is 16.5. The molecule has 26 heavy (non-hydrogen) atoms. The average Bonchev–Trinajstić information content (AvgIpc) is 2.68. The molecule has 3 heteroatoms. The van der Waals surface area contributed by atoms with E-state index in [-0.39, 0.29) is 12.1 Å². The number of nitrogens with zero attached hydrogens (tertiary/aromatic N) is 1. The maximum absolute atomic E-state index is 11.6. The van der Waals surface area contributed by atoms with E-state index in [9.17, 15) is 4.79 Å². The molecule has 0 saturated carbocycles. The summed E-state index contributed by atoms with van der Waals surface area (Å²) in [6.07, 6.45) is 2.52. The van der Waals surface area contributed by atoms with Crippen LogP contribution >= 0.6 is 0 Å². The van der Waals surface area contributed by atoms with Crippen LogP contribution in [0.25, 0.3) is 22.4 Å². The number of pyridine rings is 1. The first-order valence-electron chi connectivity index (χ1n) is 9.04. The smallest absolute Gasteiger partial charge is 0.303 e. The van der Waals surface area contributed by atoms with Gasteiger partial charge in [0.2, 0.25) is 0 Å². The lowest BCUT2D eigenvalue weighted by molar-refractivity contribution is -0.147. The molecule has 1 aromatic heterocycles. The lowest BCUT2D eigenvalue weighted by Gasteiger charge is -2.27. The third-order valence-electron chi connectivity index (χ3n) is 4.82. The number of esters is 1. The summed E-state index contributed by atoms with van der Waals surface area (Å²) in [4.78, 5) is 16.5. The highest BCUT2D eigenvalue weighted by Gasteiger charge is 2.27. The highest BCUT2D eigenvalue weighted by Crippen LogP contribution is 2.39. The Morgan fingerprint density at radius 1 is 1.00 bits per heavy atom. The van der Waals surface area contributed by atoms with Gasteiger partial charge in [-0.1, -0.05) is 60.7 Å². The third kappa shape index (κ3) is 3.25. The zero-order valence-electron chi connectivity index (χ0n) is 14.8. The number of rotatable bonds is 3. The lowest BCUT2D eigenvalue weighted by atomic mass is 9.86. The van der Waals surface area contributed by atoms with E-state index >= 15 is 0 Å². The molecule has 0 N–H and O–H groups in total. The number of fused-ring (bicyclic) bond motifs is 1. The Morgan fingerprint density at radius 2 is 1.65 bits per heavy atom. The first-order valence-corrected chi connectivity index (χ1v) is 9.04. The van der Waals surface area contributed by atoms with Crippen LogP contribution in [-0.4, -0.2) is 11.0 Å². The number of benzene rings is 2. The van der Waals surface area contributed by atoms with E-state index in [1.54, 1.807) is 0 Å². The molecule has 0 amide bonds. The van der Waals surface area contributed by atoms with Crippen molar-refractivity contribution in [2.75, 3.05) is 0 Å². The number of hydrogen-bond acceptors (Lipinski definition) is 3. The van der Waals surface area contributed by atoms with Crippen molar-refractivity contribution in [2.24, 2.45) is 0 Å². The molecule has 0 aliphatic heterocycles. The van der Waals surface area contributed by atoms with Crippen LogP contribution in [0, 0.1) is 0 Å². The Balaban J connectivity index is 1.92. The maximum atomic E-state index is 11.6. The monoisotopic (exact) mass is 343 g/mol. The van der Waals surface area contributed by atoms with Gasteiger partial charge in [0.15, 0.2) is 0 Å². The second kappa shape index (κ2) is 7.12. The molecule has 0 spiro atoms. The van der Waals surface area contributed by atoms with Crippen LogP contribution in [-0.2, 0) is 16.0 Å². The van der Waals surface area contributed by atoms with Gasteiger partial charge < -0.3 is 4.74 Å². The zero-order valence-corrected chi connectivity index (χ0v) is 14.8. The Morgan fingerprint density at radius 3 is 2.31 bits per heavy atom. The Kier molecular flexibility index (Phi) is 4.53. The number of hydrogen-bond donors (Lipinski definition) is 0. The van der Waals surface area contributed by atoms with E-state index in [0.29, 0.717) is 0 Å². The minimum atomic E-state index is -0.262. The van der Waals surface area contributed by atoms with E-state index < -0.39 is 0 Å². The van der Waals surface area contributed by atoms with Crippen LogP contribution in [0.15, 0.2) is 66.7 Å². The lowest BCUT2D eigenvalue weighted by Crippen LogP contribution is -2.18. The van der Waals surface area contributed by atoms with Gasteiger partial charge in [0.05, 0.1) is 11.4 Å². The van der Waals surface area contributed by atoms with E-state index in [0.717, 1.165) is 36.2 Å². The van der Waals surface area contributed by atoms with Crippen molar-refractivity contribution < 1.29 is 9.53 Å². The summed E-state index contributed by atoms with van der Waals surface area (Å²) in [5.41, 5.74) is 6.46. The van der Waals surface area contributed by atoms with Crippen LogP contribution < -0.4 is 0 Å². The third-order valence-corrected chi connectivity index (χ3v) is 4.82. The molecule has 4 rings (SSSR count). The molecule has 0 bridgehead atoms. The number of carbonyl (C=O) groups is 1. The summed E-state index contributed by atoms with van der Waals surface area (Å²) < 4.78 is 5.60. The van der Waals surface area contributed by atoms with Crippen LogP contribution in [0.2, 0.25) is 0 Å². The van der Waals surface area contributed by atoms with Gasteiger partial charge >= 0.3 is 5.97 Å². The molecule has 2 aromatic carbocycles. The fourth-order valence-corrected chi connectivity index (χ4v) is 3.67. The van der Waals surface area contributed by atoms with Crippen molar-refractivity contribution in [3.63, 3.8) is 0 Å². The average molecular weight is 343 g/mol. The molecule has 3 nitrogen and oxygen atoms in total. The fraction of sp³-hybridized carbons (Fsp3) is 0.217. The molecule has 0 radical (unpaired) electrons. The van der Waals surface area contributed by atoms with Crippen molar-refractivity contribution in [1.29, 1.82) is 0 Å². The predicted octanol–water partition coefficient (Wildman–Crippen LogP) is 5.36. The summed E-state index contributed by atoms with van der Waals surface area (Å²) in [6, 6.07) is 22.7. The molecule has 3 aromatic rings. The zero-order chi connectivity index (χ0) is 17.9. The van der Waals surface area contributed by atoms with Gasteiger partial charge in [0, 0.05) is 12.5 Å². The molecule has 130 valence electrons. The molecule has 0 saturated heterocycles. The summed E-state index contributed by atoms with van der Waals surface area (Å²) in [6.45, 7) is 1.47. The van der Waals surface area contributed by atoms with Gasteiger partial charge in [-0.25, -0.2) is 4.98 Å². The summed E-state index contributed by atoms with van der Waals surface area (Å²) >= 11 is 0. The normalized spacial score (nSPS) is 16.0. The van der Waals surface area contributed by atoms with Gasteiger partial charge in [-0.15, -0.1) is 0 Å². The summed E-state index contributed by atoms with van der Waals surface area (Å²) in [5.74, 6) is -0.254. The minimum absolute atomic E-state index is 0.254. The van der Waals surface area contributed by atoms with Gasteiger partial charge in [-0.05, 0) is 42.0 Å². The fourth-order valence-electron chi connectivity index (χ4n) is 3.67. The predicted molar refractivity (Wildman–Crippen MR) is 103 cm³/mol. The van der Waals surface area contributed by atoms with Crippen LogP contribution in [0.4, 0.5) is 0 Å². The van der Waals surface area contributed by atoms with Crippen LogP contribution in [0.1, 0.15) is 37.1 Å². The van der Waals surface area contributed by atoms with Crippen LogP contribution in [0.3, 0.4) is 0 Å². The van der Waals surface area contributed by atoms with Crippen molar-refractivity contribution in [3.8, 4) is 22.4 Å². The highest BCUT2D eigenvalue weighted by atomic mass is 16.5. The van der Waals surface area contributed by atoms with E-state index in [1.807, 2.05) is 24.3 Å². The molecule has 1 heterocycles. The van der Waals surface area contributed by atoms with Crippen molar-refractivity contribution in [2.45, 2.75) is 32.3 Å². The summed E-state index contributed by atoms with van der Waals surface area (Å²) in [5, 5.41) is 0. The van der Waals surface area contributed by atoms with Gasteiger partial charge in [-0.3, -0.25) is 4.79 Å². The van der Waals surface area contributed by atoms with E-state index in [4.69, 9.17) is 9.72 Å². The standard InChI is InChI=1S/C23H21NO2/c1-16(25)26-22-14-8-13-19-20(17-9-4-2-5-10-17)15-21(24-23(19)22)18-11-6-3-7-12-18/h2-7,9-12,15,22H,8,13-14H2,1H3. The Hall–Kier alpha value is -2.94. The number of ether oxygens (including phenoxy) is 1. The second-order valence-electron chi connectivity index (χ2n) is 6.64. The van der Waals surface area contributed by atoms with Crippen molar-refractivity contribution in [3.05, 3.63) is 78.0 Å². The number of carbonyl (C=O) groups excluding carboxylic acids is 1. The van der Waals surface area contributed by atoms with Crippen molar-refractivity contribution in [1.82, 2.24) is 4.98 Å². The molecule has 1 aliphatic carbocycles. The van der Waals surface area contributed by atoms with Gasteiger partial charge in [0.1, 0.15) is 6.10 Å². The second-order valence-corrected chi connectivity index (χ2v) is 6.64. The summed E-state index contributed by atoms with van der Waals surface area (Å²) in [7, 11) is 0. The van der Waals surface area contributed by atoms with Crippen LogP contribution in [0.5, 0.6) is 0 Å². The Labute approximate surface area is 153 Å². The molecule has 1 unspecified atom stereocenters. The Bertz CT molecular complexity index is 920. The molecular formula is C23H21NO2. The van der Waals surface area contributed by atoms with Gasteiger partial charge in [-0.2, -0.15) is 0 Å². The number of aromatic nitrogens is 1. The minimum Gasteiger partial charge on any atom is -0.456 e. The first-order chi connectivity index (χ1) is 12.7. The van der Waals surface area contributed by atoms with Gasteiger partial charge in [0.25, 0.3) is 0 Å². The molecule has 1 aliphatic rings. The maximum Gasteiger partial charge on any atom is 0.303 e. The largest absolute Gasteiger partial charge is 0.456 e. The molecule has 1 atom stereocenters. The molecular weight excluding hydrogens is 322 g/mol. The SMILES string of the molecule is CC(=O)OC1CCCc2c(-c3ccccc3)cc(-c3ccccc3)nc21. The van der Waals surface area contributed by atoms with Crippen molar-refractivity contribution >= 4 is 5.97 Å². The highest BCUT2D eigenvalue weighted by molar-refractivity contribution is 5.75.